The second-order valence-electron chi connectivity index (χ2n) is 0.610. The third kappa shape index (κ3) is 18.0. The Balaban J connectivity index is -0.00000000595. The van der Waals surface area contributed by atoms with Crippen LogP contribution in [0.4, 0.5) is 0 Å². The van der Waals surface area contributed by atoms with Crippen LogP contribution in [0.3, 0.4) is 0 Å². The predicted octanol–water partition coefficient (Wildman–Crippen LogP) is -0.578. The summed E-state index contributed by atoms with van der Waals surface area (Å²) in [5, 5.41) is 14.8. The number of rotatable bonds is 0. The van der Waals surface area contributed by atoms with Gasteiger partial charge in [0.05, 0.1) is 0 Å². The summed E-state index contributed by atoms with van der Waals surface area (Å²) in [6, 6.07) is 0. The minimum atomic E-state index is -1.82. The monoisotopic (exact) mass is 450 g/mol. The molecule has 0 rings (SSSR count). The topological polar surface area (TPSA) is 74.6 Å². The van der Waals surface area contributed by atoms with Gasteiger partial charge in [-0.3, -0.25) is 0 Å². The van der Waals surface area contributed by atoms with Gasteiger partial charge in [-0.1, -0.05) is 0 Å². The van der Waals surface area contributed by atoms with Gasteiger partial charge in [-0.25, -0.2) is 9.59 Å². The quantitative estimate of drug-likeness (QED) is 0.383. The summed E-state index contributed by atoms with van der Waals surface area (Å²) in [5.41, 5.74) is 0. The van der Waals surface area contributed by atoms with Crippen molar-refractivity contribution in [1.29, 1.82) is 0 Å². The molecule has 2 N–H and O–H groups in total. The molecule has 0 aliphatic carbocycles. The summed E-state index contributed by atoms with van der Waals surface area (Å²) < 4.78 is 0. The van der Waals surface area contributed by atoms with E-state index in [1.165, 1.54) is 0 Å². The van der Waals surface area contributed by atoms with Gasteiger partial charge in [0.2, 0.25) is 0 Å². The molecule has 0 spiro atoms. The van der Waals surface area contributed by atoms with Gasteiger partial charge in [0.1, 0.15) is 0 Å². The maximum absolute atomic E-state index is 9.10. The van der Waals surface area contributed by atoms with Gasteiger partial charge in [0.25, 0.3) is 0 Å². The summed E-state index contributed by atoms with van der Waals surface area (Å²) in [5.74, 6) is -3.65. The SMILES string of the molecule is Br.O=C(O)C(=O)O.[Ba+2].[Ba+2].[H-].[H-].[H-].[H-]. The molecular formula is C2H7Ba2BrO4. The molecule has 0 radical (unpaired) electrons. The molecule has 0 saturated heterocycles. The number of carbonyl (C=O) groups is 2. The van der Waals surface area contributed by atoms with Crippen molar-refractivity contribution in [2.24, 2.45) is 0 Å². The average molecular weight is 450 g/mol. The van der Waals surface area contributed by atoms with Crippen molar-refractivity contribution in [3.63, 3.8) is 0 Å². The first kappa shape index (κ1) is 22.6. The maximum atomic E-state index is 9.10. The van der Waals surface area contributed by atoms with Gasteiger partial charge in [-0.05, 0) is 0 Å². The predicted molar refractivity (Wildman–Crippen MR) is 41.5 cm³/mol. The van der Waals surface area contributed by atoms with Crippen molar-refractivity contribution >= 4 is 127 Å². The molecule has 0 saturated carbocycles. The number of aliphatic carboxylic acids is 2. The van der Waals surface area contributed by atoms with Gasteiger partial charge in [-0.15, -0.1) is 17.0 Å². The smallest absolute Gasteiger partial charge is 1.00 e. The first-order valence-corrected chi connectivity index (χ1v) is 1.11. The number of carboxylic acids is 2. The molecule has 0 heterocycles. The van der Waals surface area contributed by atoms with Crippen molar-refractivity contribution in [3.05, 3.63) is 0 Å². The van der Waals surface area contributed by atoms with Crippen LogP contribution in [-0.4, -0.2) is 120 Å². The van der Waals surface area contributed by atoms with Crippen molar-refractivity contribution < 1.29 is 25.5 Å². The van der Waals surface area contributed by atoms with Gasteiger partial charge >= 0.3 is 110 Å². The first-order valence-electron chi connectivity index (χ1n) is 1.11. The van der Waals surface area contributed by atoms with E-state index in [1.807, 2.05) is 0 Å². The van der Waals surface area contributed by atoms with Gasteiger partial charge in [0.15, 0.2) is 0 Å². The number of halogens is 1. The van der Waals surface area contributed by atoms with Gasteiger partial charge in [0, 0.05) is 0 Å². The van der Waals surface area contributed by atoms with E-state index in [1.54, 1.807) is 0 Å². The molecule has 0 amide bonds. The Morgan fingerprint density at radius 2 is 1.11 bits per heavy atom. The van der Waals surface area contributed by atoms with Gasteiger partial charge in [-0.2, -0.15) is 0 Å². The van der Waals surface area contributed by atoms with E-state index in [-0.39, 0.29) is 120 Å². The molecule has 7 heteroatoms. The van der Waals surface area contributed by atoms with Crippen LogP contribution >= 0.6 is 17.0 Å². The first-order chi connectivity index (χ1) is 2.64. The van der Waals surface area contributed by atoms with E-state index in [2.05, 4.69) is 0 Å². The van der Waals surface area contributed by atoms with Crippen molar-refractivity contribution in [3.8, 4) is 0 Å². The number of hydrogen-bond donors (Lipinski definition) is 2. The average Bonchev–Trinajstić information content (AvgIpc) is 1.36. The molecule has 0 aliphatic rings. The third-order valence-corrected chi connectivity index (χ3v) is 0.183. The third-order valence-electron chi connectivity index (χ3n) is 0.183. The maximum Gasteiger partial charge on any atom is 2.00 e. The standard InChI is InChI=1S/C2H2O4.2Ba.BrH.4H/c3-1(4)2(5)6;;;;;;;/h(H,3,4)(H,5,6);;;1H;;;;/q;2*+2;;4*-1. The Bertz CT molecular complexity index is 94.1. The van der Waals surface area contributed by atoms with Crippen molar-refractivity contribution in [2.75, 3.05) is 0 Å². The zero-order valence-electron chi connectivity index (χ0n) is 8.53. The molecule has 0 aliphatic heterocycles. The molecule has 9 heavy (non-hydrogen) atoms. The van der Waals surface area contributed by atoms with Crippen LogP contribution in [0.5, 0.6) is 0 Å². The summed E-state index contributed by atoms with van der Waals surface area (Å²) in [6.07, 6.45) is 0. The van der Waals surface area contributed by atoms with E-state index in [0.29, 0.717) is 0 Å². The molecule has 0 aromatic heterocycles. The largest absolute Gasteiger partial charge is 2.00 e. The molecule has 0 aromatic rings. The summed E-state index contributed by atoms with van der Waals surface area (Å²) in [4.78, 5) is 18.2. The van der Waals surface area contributed by atoms with E-state index in [0.717, 1.165) is 0 Å². The van der Waals surface area contributed by atoms with Crippen LogP contribution in [0.15, 0.2) is 0 Å². The van der Waals surface area contributed by atoms with Gasteiger partial charge < -0.3 is 15.9 Å². The normalized spacial score (nSPS) is 4.89. The zero-order chi connectivity index (χ0) is 5.15. The van der Waals surface area contributed by atoms with Crippen molar-refractivity contribution in [2.45, 2.75) is 0 Å². The minimum Gasteiger partial charge on any atom is -1.00 e. The van der Waals surface area contributed by atoms with E-state index in [4.69, 9.17) is 19.8 Å². The summed E-state index contributed by atoms with van der Waals surface area (Å²) in [7, 11) is 0. The van der Waals surface area contributed by atoms with E-state index < -0.39 is 11.9 Å². The van der Waals surface area contributed by atoms with Crippen LogP contribution in [0.25, 0.3) is 0 Å². The fourth-order valence-corrected chi connectivity index (χ4v) is 0. The summed E-state index contributed by atoms with van der Waals surface area (Å²) >= 11 is 0. The Kier molecular flexibility index (Phi) is 33.0. The number of hydrogen-bond acceptors (Lipinski definition) is 2. The van der Waals surface area contributed by atoms with Crippen LogP contribution in [0.1, 0.15) is 5.71 Å². The number of carboxylic acid groups (broad SMARTS) is 2. The molecule has 4 nitrogen and oxygen atoms in total. The Hall–Kier alpha value is 2.56. The molecular weight excluding hydrogens is 443 g/mol. The molecule has 50 valence electrons. The second kappa shape index (κ2) is 13.2. The molecule has 0 atom stereocenters. The van der Waals surface area contributed by atoms with Crippen LogP contribution < -0.4 is 0 Å². The molecule has 0 unspecified atom stereocenters. The van der Waals surface area contributed by atoms with E-state index >= 15 is 0 Å². The molecule has 0 fully saturated rings. The second-order valence-corrected chi connectivity index (χ2v) is 0.610. The summed E-state index contributed by atoms with van der Waals surface area (Å²) in [6.45, 7) is 0. The van der Waals surface area contributed by atoms with Crippen LogP contribution in [0.2, 0.25) is 0 Å². The fourth-order valence-electron chi connectivity index (χ4n) is 0. The van der Waals surface area contributed by atoms with E-state index in [9.17, 15) is 0 Å². The Morgan fingerprint density at radius 3 is 1.11 bits per heavy atom. The molecule has 0 bridgehead atoms. The Morgan fingerprint density at radius 1 is 1.00 bits per heavy atom. The van der Waals surface area contributed by atoms with Crippen LogP contribution in [0, 0.1) is 0 Å². The zero-order valence-corrected chi connectivity index (χ0v) is 15.1. The minimum absolute atomic E-state index is 0. The Labute approximate surface area is 149 Å². The molecule has 0 aromatic carbocycles. The van der Waals surface area contributed by atoms with Crippen molar-refractivity contribution in [1.82, 2.24) is 0 Å². The van der Waals surface area contributed by atoms with Crippen LogP contribution in [-0.2, 0) is 9.59 Å². The fraction of sp³-hybridized carbons (Fsp3) is 0.